The molecule has 2 aromatic rings. The molecule has 0 aliphatic heterocycles. The van der Waals surface area contributed by atoms with Crippen molar-refractivity contribution in [2.24, 2.45) is 0 Å². The van der Waals surface area contributed by atoms with Crippen molar-refractivity contribution in [2.45, 2.75) is 20.1 Å². The number of rotatable bonds is 7. The Morgan fingerprint density at radius 3 is 2.65 bits per heavy atom. The summed E-state index contributed by atoms with van der Waals surface area (Å²) in [5.74, 6) is 1.65. The number of nitrogens with zero attached hydrogens (tertiary/aromatic N) is 1. The van der Waals surface area contributed by atoms with Crippen LogP contribution in [0.4, 0.5) is 0 Å². The highest BCUT2D eigenvalue weighted by Crippen LogP contribution is 2.25. The van der Waals surface area contributed by atoms with Crippen LogP contribution in [0.15, 0.2) is 42.7 Å². The molecule has 1 N–H and O–H groups in total. The average Bonchev–Trinajstić information content (AvgIpc) is 2.52. The smallest absolute Gasteiger partial charge is 0.127 e. The quantitative estimate of drug-likeness (QED) is 0.841. The third-order valence-electron chi connectivity index (χ3n) is 2.98. The Hall–Kier alpha value is -2.07. The molecular formula is C16H20N2O2. The summed E-state index contributed by atoms with van der Waals surface area (Å²) in [5.41, 5.74) is 2.22. The number of pyridine rings is 1. The maximum atomic E-state index is 5.91. The zero-order chi connectivity index (χ0) is 14.2. The van der Waals surface area contributed by atoms with E-state index in [4.69, 9.17) is 9.47 Å². The first-order valence-electron chi connectivity index (χ1n) is 6.72. The molecule has 4 heteroatoms. The molecule has 0 spiro atoms. The highest BCUT2D eigenvalue weighted by atomic mass is 16.5. The van der Waals surface area contributed by atoms with Crippen LogP contribution >= 0.6 is 0 Å². The van der Waals surface area contributed by atoms with Crippen LogP contribution in [-0.2, 0) is 13.2 Å². The Morgan fingerprint density at radius 1 is 1.15 bits per heavy atom. The molecule has 0 saturated carbocycles. The highest BCUT2D eigenvalue weighted by Gasteiger charge is 2.06. The zero-order valence-electron chi connectivity index (χ0n) is 11.9. The van der Waals surface area contributed by atoms with Crippen LogP contribution in [0.3, 0.4) is 0 Å². The van der Waals surface area contributed by atoms with Crippen molar-refractivity contribution < 1.29 is 9.47 Å². The van der Waals surface area contributed by atoms with Crippen molar-refractivity contribution in [1.82, 2.24) is 10.3 Å². The lowest BCUT2D eigenvalue weighted by Crippen LogP contribution is -2.13. The summed E-state index contributed by atoms with van der Waals surface area (Å²) in [6.45, 7) is 4.32. The summed E-state index contributed by atoms with van der Waals surface area (Å²) < 4.78 is 11.2. The van der Waals surface area contributed by atoms with Crippen LogP contribution in [0, 0.1) is 0 Å². The van der Waals surface area contributed by atoms with Gasteiger partial charge in [0, 0.05) is 30.6 Å². The van der Waals surface area contributed by atoms with Crippen LogP contribution in [0.2, 0.25) is 0 Å². The first kappa shape index (κ1) is 14.3. The minimum atomic E-state index is 0.523. The SMILES string of the molecule is CCNCc1ccc(OC)cc1OCc1ccncc1. The summed E-state index contributed by atoms with van der Waals surface area (Å²) >= 11 is 0. The van der Waals surface area contributed by atoms with E-state index in [1.807, 2.05) is 30.3 Å². The van der Waals surface area contributed by atoms with E-state index in [2.05, 4.69) is 17.2 Å². The summed E-state index contributed by atoms with van der Waals surface area (Å²) in [5, 5.41) is 3.31. The molecule has 20 heavy (non-hydrogen) atoms. The van der Waals surface area contributed by atoms with E-state index in [1.54, 1.807) is 19.5 Å². The predicted molar refractivity (Wildman–Crippen MR) is 78.9 cm³/mol. The molecule has 0 atom stereocenters. The molecule has 0 bridgehead atoms. The van der Waals surface area contributed by atoms with Gasteiger partial charge in [0.25, 0.3) is 0 Å². The van der Waals surface area contributed by atoms with E-state index < -0.39 is 0 Å². The molecule has 4 nitrogen and oxygen atoms in total. The normalized spacial score (nSPS) is 10.3. The standard InChI is InChI=1S/C16H20N2O2/c1-3-17-11-14-4-5-15(19-2)10-16(14)20-12-13-6-8-18-9-7-13/h4-10,17H,3,11-12H2,1-2H3. The number of ether oxygens (including phenoxy) is 2. The molecule has 0 unspecified atom stereocenters. The predicted octanol–water partition coefficient (Wildman–Crippen LogP) is 2.78. The van der Waals surface area contributed by atoms with E-state index in [0.717, 1.165) is 35.7 Å². The van der Waals surface area contributed by atoms with E-state index in [-0.39, 0.29) is 0 Å². The number of methoxy groups -OCH3 is 1. The topological polar surface area (TPSA) is 43.4 Å². The van der Waals surface area contributed by atoms with Gasteiger partial charge in [0.15, 0.2) is 0 Å². The fourth-order valence-electron chi connectivity index (χ4n) is 1.84. The maximum Gasteiger partial charge on any atom is 0.127 e. The number of hydrogen-bond donors (Lipinski definition) is 1. The van der Waals surface area contributed by atoms with Gasteiger partial charge >= 0.3 is 0 Å². The third-order valence-corrected chi connectivity index (χ3v) is 2.98. The van der Waals surface area contributed by atoms with Crippen LogP contribution < -0.4 is 14.8 Å². The van der Waals surface area contributed by atoms with Gasteiger partial charge in [0.2, 0.25) is 0 Å². The van der Waals surface area contributed by atoms with Crippen molar-refractivity contribution in [1.29, 1.82) is 0 Å². The first-order valence-corrected chi connectivity index (χ1v) is 6.72. The molecule has 1 aromatic carbocycles. The van der Waals surface area contributed by atoms with E-state index in [1.165, 1.54) is 0 Å². The van der Waals surface area contributed by atoms with Crippen molar-refractivity contribution in [3.05, 3.63) is 53.9 Å². The van der Waals surface area contributed by atoms with Gasteiger partial charge in [-0.1, -0.05) is 13.0 Å². The van der Waals surface area contributed by atoms with Gasteiger partial charge in [-0.3, -0.25) is 4.98 Å². The molecule has 1 aromatic heterocycles. The lowest BCUT2D eigenvalue weighted by molar-refractivity contribution is 0.299. The Balaban J connectivity index is 2.10. The van der Waals surface area contributed by atoms with Gasteiger partial charge in [-0.15, -0.1) is 0 Å². The molecule has 0 amide bonds. The Bertz CT molecular complexity index is 529. The molecule has 1 heterocycles. The number of benzene rings is 1. The van der Waals surface area contributed by atoms with Crippen molar-refractivity contribution in [3.8, 4) is 11.5 Å². The lowest BCUT2D eigenvalue weighted by Gasteiger charge is -2.13. The van der Waals surface area contributed by atoms with Gasteiger partial charge in [-0.05, 0) is 30.3 Å². The van der Waals surface area contributed by atoms with Gasteiger partial charge in [-0.25, -0.2) is 0 Å². The van der Waals surface area contributed by atoms with Crippen LogP contribution in [-0.4, -0.2) is 18.6 Å². The molecule has 0 aliphatic carbocycles. The molecule has 0 saturated heterocycles. The second kappa shape index (κ2) is 7.50. The lowest BCUT2D eigenvalue weighted by atomic mass is 10.2. The molecule has 0 radical (unpaired) electrons. The number of hydrogen-bond acceptors (Lipinski definition) is 4. The van der Waals surface area contributed by atoms with Crippen LogP contribution in [0.5, 0.6) is 11.5 Å². The fraction of sp³-hybridized carbons (Fsp3) is 0.312. The van der Waals surface area contributed by atoms with Gasteiger partial charge in [0.1, 0.15) is 18.1 Å². The van der Waals surface area contributed by atoms with E-state index in [9.17, 15) is 0 Å². The molecular weight excluding hydrogens is 252 g/mol. The molecule has 2 rings (SSSR count). The maximum absolute atomic E-state index is 5.91. The van der Waals surface area contributed by atoms with E-state index >= 15 is 0 Å². The second-order valence-corrected chi connectivity index (χ2v) is 4.40. The Labute approximate surface area is 119 Å². The Morgan fingerprint density at radius 2 is 1.95 bits per heavy atom. The molecule has 0 fully saturated rings. The third kappa shape index (κ3) is 3.96. The minimum Gasteiger partial charge on any atom is -0.497 e. The van der Waals surface area contributed by atoms with E-state index in [0.29, 0.717) is 6.61 Å². The highest BCUT2D eigenvalue weighted by molar-refractivity contribution is 5.40. The summed E-state index contributed by atoms with van der Waals surface area (Å²) in [6, 6.07) is 9.80. The number of nitrogens with one attached hydrogen (secondary N) is 1. The van der Waals surface area contributed by atoms with Crippen molar-refractivity contribution >= 4 is 0 Å². The van der Waals surface area contributed by atoms with Gasteiger partial charge < -0.3 is 14.8 Å². The molecule has 106 valence electrons. The monoisotopic (exact) mass is 272 g/mol. The fourth-order valence-corrected chi connectivity index (χ4v) is 1.84. The zero-order valence-corrected chi connectivity index (χ0v) is 11.9. The van der Waals surface area contributed by atoms with Crippen LogP contribution in [0.25, 0.3) is 0 Å². The Kier molecular flexibility index (Phi) is 5.38. The first-order chi connectivity index (χ1) is 9.83. The summed E-state index contributed by atoms with van der Waals surface area (Å²) in [6.07, 6.45) is 3.54. The number of aromatic nitrogens is 1. The van der Waals surface area contributed by atoms with Crippen molar-refractivity contribution in [3.63, 3.8) is 0 Å². The molecule has 0 aliphatic rings. The largest absolute Gasteiger partial charge is 0.497 e. The van der Waals surface area contributed by atoms with Crippen molar-refractivity contribution in [2.75, 3.05) is 13.7 Å². The summed E-state index contributed by atoms with van der Waals surface area (Å²) in [4.78, 5) is 4.00. The summed E-state index contributed by atoms with van der Waals surface area (Å²) in [7, 11) is 1.66. The van der Waals surface area contributed by atoms with Crippen LogP contribution in [0.1, 0.15) is 18.1 Å². The van der Waals surface area contributed by atoms with Gasteiger partial charge in [-0.2, -0.15) is 0 Å². The van der Waals surface area contributed by atoms with Gasteiger partial charge in [0.05, 0.1) is 7.11 Å². The minimum absolute atomic E-state index is 0.523. The second-order valence-electron chi connectivity index (χ2n) is 4.40. The average molecular weight is 272 g/mol.